The van der Waals surface area contributed by atoms with Crippen molar-refractivity contribution in [3.63, 3.8) is 0 Å². The topological polar surface area (TPSA) is 9.23 Å². The maximum absolute atomic E-state index is 5.73. The highest BCUT2D eigenvalue weighted by molar-refractivity contribution is 7.99. The highest BCUT2D eigenvalue weighted by Crippen LogP contribution is 2.20. The molecule has 0 aliphatic rings. The minimum atomic E-state index is 0.513. The molecule has 1 unspecified atom stereocenters. The SMILES string of the molecule is COc1ccc(CSC(C)CCl)cc1. The van der Waals surface area contributed by atoms with Crippen LogP contribution in [0.3, 0.4) is 0 Å². The Balaban J connectivity index is 2.43. The molecule has 1 rings (SSSR count). The number of hydrogen-bond donors (Lipinski definition) is 0. The lowest BCUT2D eigenvalue weighted by Gasteiger charge is -2.07. The van der Waals surface area contributed by atoms with Crippen molar-refractivity contribution in [2.75, 3.05) is 13.0 Å². The van der Waals surface area contributed by atoms with Gasteiger partial charge in [-0.05, 0) is 17.7 Å². The highest BCUT2D eigenvalue weighted by Gasteiger charge is 2.01. The second kappa shape index (κ2) is 6.20. The molecule has 0 fully saturated rings. The molecule has 0 aliphatic carbocycles. The summed E-state index contributed by atoms with van der Waals surface area (Å²) in [6.45, 7) is 2.14. The molecule has 1 nitrogen and oxygen atoms in total. The van der Waals surface area contributed by atoms with Crippen LogP contribution in [0.4, 0.5) is 0 Å². The van der Waals surface area contributed by atoms with Gasteiger partial charge in [-0.2, -0.15) is 11.8 Å². The fraction of sp³-hybridized carbons (Fsp3) is 0.455. The molecule has 0 N–H and O–H groups in total. The fourth-order valence-corrected chi connectivity index (χ4v) is 2.03. The van der Waals surface area contributed by atoms with Gasteiger partial charge in [0.25, 0.3) is 0 Å². The van der Waals surface area contributed by atoms with Gasteiger partial charge in [0, 0.05) is 16.9 Å². The number of alkyl halides is 1. The number of methoxy groups -OCH3 is 1. The van der Waals surface area contributed by atoms with Gasteiger partial charge in [0.15, 0.2) is 0 Å². The first kappa shape index (κ1) is 11.7. The van der Waals surface area contributed by atoms with Crippen LogP contribution in [0.2, 0.25) is 0 Å². The Morgan fingerprint density at radius 1 is 1.36 bits per heavy atom. The maximum atomic E-state index is 5.73. The number of halogens is 1. The number of hydrogen-bond acceptors (Lipinski definition) is 2. The Hall–Kier alpha value is -0.340. The number of thioether (sulfide) groups is 1. The lowest BCUT2D eigenvalue weighted by Crippen LogP contribution is -1.97. The van der Waals surface area contributed by atoms with Crippen molar-refractivity contribution in [1.29, 1.82) is 0 Å². The van der Waals surface area contributed by atoms with Gasteiger partial charge in [-0.15, -0.1) is 11.6 Å². The Morgan fingerprint density at radius 3 is 2.50 bits per heavy atom. The van der Waals surface area contributed by atoms with Gasteiger partial charge < -0.3 is 4.74 Å². The molecule has 1 aromatic rings. The molecule has 0 amide bonds. The first-order valence-corrected chi connectivity index (χ1v) is 6.15. The zero-order valence-corrected chi connectivity index (χ0v) is 10.1. The van der Waals surface area contributed by atoms with Crippen LogP contribution in [0.1, 0.15) is 12.5 Å². The molecule has 14 heavy (non-hydrogen) atoms. The zero-order chi connectivity index (χ0) is 10.4. The maximum Gasteiger partial charge on any atom is 0.118 e. The third-order valence-corrected chi connectivity index (χ3v) is 3.79. The van der Waals surface area contributed by atoms with Gasteiger partial charge in [0.05, 0.1) is 7.11 Å². The van der Waals surface area contributed by atoms with Gasteiger partial charge in [-0.25, -0.2) is 0 Å². The molecule has 1 aromatic carbocycles. The number of benzene rings is 1. The molecule has 0 aromatic heterocycles. The average molecular weight is 231 g/mol. The molecule has 78 valence electrons. The summed E-state index contributed by atoms with van der Waals surface area (Å²) in [7, 11) is 1.68. The van der Waals surface area contributed by atoms with Crippen LogP contribution in [0.15, 0.2) is 24.3 Å². The summed E-state index contributed by atoms with van der Waals surface area (Å²) in [5.41, 5.74) is 1.31. The summed E-state index contributed by atoms with van der Waals surface area (Å²) in [4.78, 5) is 0. The van der Waals surface area contributed by atoms with E-state index in [1.165, 1.54) is 5.56 Å². The second-order valence-electron chi connectivity index (χ2n) is 3.12. The van der Waals surface area contributed by atoms with E-state index >= 15 is 0 Å². The van der Waals surface area contributed by atoms with Crippen LogP contribution in [-0.2, 0) is 5.75 Å². The molecular weight excluding hydrogens is 216 g/mol. The second-order valence-corrected chi connectivity index (χ2v) is 4.86. The third-order valence-electron chi connectivity index (χ3n) is 1.91. The Labute approximate surface area is 94.8 Å². The number of rotatable bonds is 5. The third kappa shape index (κ3) is 3.81. The summed E-state index contributed by atoms with van der Waals surface area (Å²) in [6, 6.07) is 8.15. The van der Waals surface area contributed by atoms with Crippen LogP contribution < -0.4 is 4.74 Å². The standard InChI is InChI=1S/C11H15ClOS/c1-9(7-12)14-8-10-3-5-11(13-2)6-4-10/h3-6,9H,7-8H2,1-2H3. The summed E-state index contributed by atoms with van der Waals surface area (Å²) >= 11 is 7.60. The van der Waals surface area contributed by atoms with Crippen LogP contribution >= 0.6 is 23.4 Å². The smallest absolute Gasteiger partial charge is 0.118 e. The lowest BCUT2D eigenvalue weighted by atomic mass is 10.2. The van der Waals surface area contributed by atoms with E-state index in [1.54, 1.807) is 7.11 Å². The van der Waals surface area contributed by atoms with E-state index in [4.69, 9.17) is 16.3 Å². The van der Waals surface area contributed by atoms with E-state index in [0.717, 1.165) is 11.5 Å². The van der Waals surface area contributed by atoms with Crippen LogP contribution in [-0.4, -0.2) is 18.2 Å². The monoisotopic (exact) mass is 230 g/mol. The van der Waals surface area contributed by atoms with E-state index in [0.29, 0.717) is 11.1 Å². The highest BCUT2D eigenvalue weighted by atomic mass is 35.5. The first-order chi connectivity index (χ1) is 6.76. The average Bonchev–Trinajstić information content (AvgIpc) is 2.26. The minimum Gasteiger partial charge on any atom is -0.497 e. The van der Waals surface area contributed by atoms with Crippen molar-refractivity contribution in [2.45, 2.75) is 17.9 Å². The summed E-state index contributed by atoms with van der Waals surface area (Å²) in [5.74, 6) is 2.63. The Kier molecular flexibility index (Phi) is 5.20. The van der Waals surface area contributed by atoms with Gasteiger partial charge in [0.2, 0.25) is 0 Å². The van der Waals surface area contributed by atoms with E-state index in [9.17, 15) is 0 Å². The molecule has 0 saturated heterocycles. The largest absolute Gasteiger partial charge is 0.497 e. The molecule has 1 atom stereocenters. The predicted octanol–water partition coefficient (Wildman–Crippen LogP) is 3.56. The van der Waals surface area contributed by atoms with Gasteiger partial charge in [-0.3, -0.25) is 0 Å². The van der Waals surface area contributed by atoms with Gasteiger partial charge >= 0.3 is 0 Å². The predicted molar refractivity (Wildman–Crippen MR) is 64.5 cm³/mol. The molecule has 0 radical (unpaired) electrons. The van der Waals surface area contributed by atoms with Crippen LogP contribution in [0, 0.1) is 0 Å². The molecule has 0 bridgehead atoms. The zero-order valence-electron chi connectivity index (χ0n) is 8.50. The van der Waals surface area contributed by atoms with Gasteiger partial charge in [0.1, 0.15) is 5.75 Å². The molecular formula is C11H15ClOS. The lowest BCUT2D eigenvalue weighted by molar-refractivity contribution is 0.414. The van der Waals surface area contributed by atoms with Gasteiger partial charge in [-0.1, -0.05) is 19.1 Å². The quantitative estimate of drug-likeness (QED) is 0.716. The van der Waals surface area contributed by atoms with Crippen molar-refractivity contribution >= 4 is 23.4 Å². The molecule has 0 saturated carbocycles. The summed E-state index contributed by atoms with van der Waals surface area (Å²) < 4.78 is 5.09. The van der Waals surface area contributed by atoms with Crippen molar-refractivity contribution in [3.05, 3.63) is 29.8 Å². The Bertz CT molecular complexity index is 260. The summed E-state index contributed by atoms with van der Waals surface area (Å²) in [6.07, 6.45) is 0. The van der Waals surface area contributed by atoms with E-state index in [-0.39, 0.29) is 0 Å². The van der Waals surface area contributed by atoms with E-state index in [2.05, 4.69) is 19.1 Å². The van der Waals surface area contributed by atoms with Crippen molar-refractivity contribution in [2.24, 2.45) is 0 Å². The van der Waals surface area contributed by atoms with Crippen LogP contribution in [0.5, 0.6) is 5.75 Å². The molecule has 0 spiro atoms. The van der Waals surface area contributed by atoms with E-state index in [1.807, 2.05) is 23.9 Å². The first-order valence-electron chi connectivity index (χ1n) is 4.56. The number of ether oxygens (including phenoxy) is 1. The fourth-order valence-electron chi connectivity index (χ4n) is 1.00. The van der Waals surface area contributed by atoms with Crippen molar-refractivity contribution < 1.29 is 4.74 Å². The normalized spacial score (nSPS) is 12.5. The van der Waals surface area contributed by atoms with Crippen molar-refractivity contribution in [1.82, 2.24) is 0 Å². The molecule has 0 heterocycles. The molecule has 0 aliphatic heterocycles. The Morgan fingerprint density at radius 2 is 2.00 bits per heavy atom. The summed E-state index contributed by atoms with van der Waals surface area (Å²) in [5, 5.41) is 0.513. The van der Waals surface area contributed by atoms with Crippen LogP contribution in [0.25, 0.3) is 0 Å². The van der Waals surface area contributed by atoms with Crippen molar-refractivity contribution in [3.8, 4) is 5.75 Å². The minimum absolute atomic E-state index is 0.513. The van der Waals surface area contributed by atoms with E-state index < -0.39 is 0 Å². The molecule has 3 heteroatoms.